The van der Waals surface area contributed by atoms with Gasteiger partial charge in [-0.25, -0.2) is 9.97 Å². The highest BCUT2D eigenvalue weighted by molar-refractivity contribution is 5.63. The highest BCUT2D eigenvalue weighted by Gasteiger charge is 2.15. The average molecular weight is 304 g/mol. The molecule has 0 fully saturated rings. The lowest BCUT2D eigenvalue weighted by atomic mass is 10.2. The van der Waals surface area contributed by atoms with Gasteiger partial charge in [0.05, 0.1) is 5.56 Å². The monoisotopic (exact) mass is 304 g/mol. The molecule has 1 heterocycles. The number of para-hydroxylation sites is 1. The van der Waals surface area contributed by atoms with Crippen LogP contribution in [0.3, 0.4) is 0 Å². The van der Waals surface area contributed by atoms with Crippen LogP contribution in [0.1, 0.15) is 18.9 Å². The Morgan fingerprint density at radius 3 is 2.36 bits per heavy atom. The predicted octanol–water partition coefficient (Wildman–Crippen LogP) is 2.81. The van der Waals surface area contributed by atoms with Crippen molar-refractivity contribution in [3.05, 3.63) is 42.2 Å². The lowest BCUT2D eigenvalue weighted by Gasteiger charge is -2.16. The van der Waals surface area contributed by atoms with Crippen LogP contribution >= 0.6 is 0 Å². The molecule has 1 aromatic carbocycles. The highest BCUT2D eigenvalue weighted by Crippen LogP contribution is 2.29. The summed E-state index contributed by atoms with van der Waals surface area (Å²) in [6, 6.07) is 9.29. The van der Waals surface area contributed by atoms with Gasteiger partial charge in [-0.1, -0.05) is 12.1 Å². The number of nitrogens with zero attached hydrogens (tertiary/aromatic N) is 2. The van der Waals surface area contributed by atoms with Crippen molar-refractivity contribution in [1.82, 2.24) is 9.97 Å². The fourth-order valence-electron chi connectivity index (χ4n) is 1.95. The van der Waals surface area contributed by atoms with Crippen LogP contribution in [0.2, 0.25) is 0 Å². The van der Waals surface area contributed by atoms with Crippen molar-refractivity contribution in [3.8, 4) is 17.1 Å². The molecule has 0 amide bonds. The van der Waals surface area contributed by atoms with Gasteiger partial charge in [0.2, 0.25) is 6.29 Å². The third-order valence-corrected chi connectivity index (χ3v) is 3.10. The third-order valence-electron chi connectivity index (χ3n) is 3.10. The quantitative estimate of drug-likeness (QED) is 0.733. The normalized spacial score (nSPS) is 12.4. The van der Waals surface area contributed by atoms with Crippen molar-refractivity contribution < 1.29 is 18.9 Å². The van der Waals surface area contributed by atoms with E-state index in [1.165, 1.54) is 0 Å². The first kappa shape index (κ1) is 16.4. The summed E-state index contributed by atoms with van der Waals surface area (Å²) in [5.41, 5.74) is 1.42. The van der Waals surface area contributed by atoms with Gasteiger partial charge < -0.3 is 18.9 Å². The molecular formula is C16H20N2O4. The summed E-state index contributed by atoms with van der Waals surface area (Å²) >= 11 is 0. The summed E-state index contributed by atoms with van der Waals surface area (Å²) in [5, 5.41) is 0. The van der Waals surface area contributed by atoms with E-state index in [1.807, 2.05) is 31.2 Å². The van der Waals surface area contributed by atoms with E-state index < -0.39 is 6.29 Å². The van der Waals surface area contributed by atoms with Crippen LogP contribution in [0.25, 0.3) is 11.4 Å². The van der Waals surface area contributed by atoms with Gasteiger partial charge in [0.1, 0.15) is 11.4 Å². The molecule has 1 unspecified atom stereocenters. The maximum absolute atomic E-state index is 5.74. The Kier molecular flexibility index (Phi) is 5.83. The predicted molar refractivity (Wildman–Crippen MR) is 81.3 cm³/mol. The second kappa shape index (κ2) is 7.84. The SMILES string of the molecule is COC(C)Oc1ccccc1-c1nccc(C(OC)OC)n1. The second-order valence-electron chi connectivity index (χ2n) is 4.53. The first-order valence-corrected chi connectivity index (χ1v) is 6.87. The van der Waals surface area contributed by atoms with Crippen LogP contribution in [0.15, 0.2) is 36.5 Å². The molecule has 0 aliphatic rings. The summed E-state index contributed by atoms with van der Waals surface area (Å²) < 4.78 is 21.3. The molecule has 0 bridgehead atoms. The Labute approximate surface area is 130 Å². The molecular weight excluding hydrogens is 284 g/mol. The summed E-state index contributed by atoms with van der Waals surface area (Å²) in [5.74, 6) is 1.19. The standard InChI is InChI=1S/C16H20N2O4/c1-11(19-2)22-14-8-6-5-7-12(14)15-17-10-9-13(18-15)16(20-3)21-4/h5-11,16H,1-4H3. The number of hydrogen-bond donors (Lipinski definition) is 0. The molecule has 1 aromatic heterocycles. The van der Waals surface area contributed by atoms with Crippen molar-refractivity contribution >= 4 is 0 Å². The number of methoxy groups -OCH3 is 3. The fraction of sp³-hybridized carbons (Fsp3) is 0.375. The second-order valence-corrected chi connectivity index (χ2v) is 4.53. The molecule has 0 spiro atoms. The van der Waals surface area contributed by atoms with E-state index in [0.717, 1.165) is 5.56 Å². The molecule has 2 aromatic rings. The molecule has 1 atom stereocenters. The Morgan fingerprint density at radius 2 is 1.68 bits per heavy atom. The van der Waals surface area contributed by atoms with Gasteiger partial charge in [-0.05, 0) is 25.1 Å². The molecule has 0 N–H and O–H groups in total. The van der Waals surface area contributed by atoms with E-state index in [9.17, 15) is 0 Å². The van der Waals surface area contributed by atoms with E-state index >= 15 is 0 Å². The van der Waals surface area contributed by atoms with Crippen LogP contribution in [-0.4, -0.2) is 37.6 Å². The number of rotatable bonds is 7. The smallest absolute Gasteiger partial charge is 0.200 e. The molecule has 6 heteroatoms. The molecule has 0 radical (unpaired) electrons. The Balaban J connectivity index is 2.38. The van der Waals surface area contributed by atoms with Gasteiger partial charge in [0.15, 0.2) is 12.1 Å². The van der Waals surface area contributed by atoms with Crippen molar-refractivity contribution in [2.45, 2.75) is 19.5 Å². The van der Waals surface area contributed by atoms with Gasteiger partial charge in [-0.3, -0.25) is 0 Å². The maximum atomic E-state index is 5.74. The summed E-state index contributed by atoms with van der Waals surface area (Å²) in [7, 11) is 4.71. The molecule has 2 rings (SSSR count). The summed E-state index contributed by atoms with van der Waals surface area (Å²) in [6.45, 7) is 1.82. The highest BCUT2D eigenvalue weighted by atomic mass is 16.7. The molecule has 6 nitrogen and oxygen atoms in total. The molecule has 0 saturated heterocycles. The molecule has 0 aliphatic heterocycles. The van der Waals surface area contributed by atoms with Crippen molar-refractivity contribution in [3.63, 3.8) is 0 Å². The third kappa shape index (κ3) is 3.79. The molecule has 22 heavy (non-hydrogen) atoms. The number of ether oxygens (including phenoxy) is 4. The maximum Gasteiger partial charge on any atom is 0.200 e. The van der Waals surface area contributed by atoms with E-state index in [2.05, 4.69) is 9.97 Å². The van der Waals surface area contributed by atoms with E-state index in [1.54, 1.807) is 33.6 Å². The van der Waals surface area contributed by atoms with Crippen molar-refractivity contribution in [2.24, 2.45) is 0 Å². The minimum Gasteiger partial charge on any atom is -0.465 e. The topological polar surface area (TPSA) is 62.7 Å². The first-order chi connectivity index (χ1) is 10.7. The van der Waals surface area contributed by atoms with Crippen molar-refractivity contribution in [1.29, 1.82) is 0 Å². The zero-order valence-corrected chi connectivity index (χ0v) is 13.1. The van der Waals surface area contributed by atoms with Crippen molar-refractivity contribution in [2.75, 3.05) is 21.3 Å². The van der Waals surface area contributed by atoms with E-state index in [4.69, 9.17) is 18.9 Å². The first-order valence-electron chi connectivity index (χ1n) is 6.87. The Bertz CT molecular complexity index is 602. The Morgan fingerprint density at radius 1 is 0.955 bits per heavy atom. The van der Waals surface area contributed by atoms with Crippen LogP contribution < -0.4 is 4.74 Å². The lowest BCUT2D eigenvalue weighted by Crippen LogP contribution is -2.14. The number of benzene rings is 1. The molecule has 0 saturated carbocycles. The molecule has 118 valence electrons. The van der Waals surface area contributed by atoms with Crippen LogP contribution in [0.4, 0.5) is 0 Å². The summed E-state index contributed by atoms with van der Waals surface area (Å²) in [6.07, 6.45) is 0.766. The van der Waals surface area contributed by atoms with E-state index in [-0.39, 0.29) is 6.29 Å². The zero-order valence-electron chi connectivity index (χ0n) is 13.1. The van der Waals surface area contributed by atoms with E-state index in [0.29, 0.717) is 17.3 Å². The van der Waals surface area contributed by atoms with Crippen LogP contribution in [-0.2, 0) is 14.2 Å². The summed E-state index contributed by atoms with van der Waals surface area (Å²) in [4.78, 5) is 8.81. The van der Waals surface area contributed by atoms with Gasteiger partial charge in [-0.15, -0.1) is 0 Å². The lowest BCUT2D eigenvalue weighted by molar-refractivity contribution is -0.108. The molecule has 0 aliphatic carbocycles. The van der Waals surface area contributed by atoms with Crippen LogP contribution in [0, 0.1) is 0 Å². The number of hydrogen-bond acceptors (Lipinski definition) is 6. The Hall–Kier alpha value is -2.02. The van der Waals surface area contributed by atoms with Gasteiger partial charge in [-0.2, -0.15) is 0 Å². The minimum absolute atomic E-state index is 0.366. The zero-order chi connectivity index (χ0) is 15.9. The van der Waals surface area contributed by atoms with Gasteiger partial charge in [0, 0.05) is 27.5 Å². The largest absolute Gasteiger partial charge is 0.465 e. The minimum atomic E-state index is -0.535. The fourth-order valence-corrected chi connectivity index (χ4v) is 1.95. The van der Waals surface area contributed by atoms with Crippen LogP contribution in [0.5, 0.6) is 5.75 Å². The van der Waals surface area contributed by atoms with Gasteiger partial charge in [0.25, 0.3) is 0 Å². The average Bonchev–Trinajstić information content (AvgIpc) is 2.56. The van der Waals surface area contributed by atoms with Gasteiger partial charge >= 0.3 is 0 Å². The number of aromatic nitrogens is 2.